The van der Waals surface area contributed by atoms with Gasteiger partial charge in [-0.3, -0.25) is 4.79 Å². The number of amides is 1. The minimum atomic E-state index is -0.884. The second-order valence-electron chi connectivity index (χ2n) is 6.27. The van der Waals surface area contributed by atoms with Crippen LogP contribution in [0.3, 0.4) is 0 Å². The van der Waals surface area contributed by atoms with Crippen LogP contribution in [0.1, 0.15) is 33.2 Å². The summed E-state index contributed by atoms with van der Waals surface area (Å²) in [6.45, 7) is 5.08. The highest BCUT2D eigenvalue weighted by atomic mass is 32.1. The summed E-state index contributed by atoms with van der Waals surface area (Å²) in [5, 5.41) is 11.6. The third-order valence-corrected chi connectivity index (χ3v) is 5.39. The van der Waals surface area contributed by atoms with E-state index in [1.54, 1.807) is 4.90 Å². The van der Waals surface area contributed by atoms with Crippen LogP contribution in [-0.2, 0) is 0 Å². The van der Waals surface area contributed by atoms with Crippen molar-refractivity contribution in [3.8, 4) is 5.75 Å². The molecule has 2 heterocycles. The molecule has 0 radical (unpaired) electrons. The first-order valence-electron chi connectivity index (χ1n) is 8.10. The lowest BCUT2D eigenvalue weighted by atomic mass is 9.92. The molecule has 128 valence electrons. The Bertz CT molecular complexity index is 706. The van der Waals surface area contributed by atoms with Gasteiger partial charge in [-0.15, -0.1) is 11.3 Å². The van der Waals surface area contributed by atoms with Gasteiger partial charge < -0.3 is 14.7 Å². The number of hydrogen-bond acceptors (Lipinski definition) is 5. The third kappa shape index (κ3) is 3.76. The highest BCUT2D eigenvalue weighted by molar-refractivity contribution is 7.13. The Morgan fingerprint density at radius 2 is 1.96 bits per heavy atom. The van der Waals surface area contributed by atoms with Crippen molar-refractivity contribution in [2.24, 2.45) is 0 Å². The number of aromatic nitrogens is 1. The van der Waals surface area contributed by atoms with Crippen LogP contribution in [0, 0.1) is 13.8 Å². The zero-order chi connectivity index (χ0) is 17.2. The van der Waals surface area contributed by atoms with Crippen molar-refractivity contribution in [2.45, 2.75) is 32.3 Å². The van der Waals surface area contributed by atoms with E-state index in [2.05, 4.69) is 4.98 Å². The minimum absolute atomic E-state index is 0.0177. The molecule has 1 amide bonds. The highest BCUT2D eigenvalue weighted by Crippen LogP contribution is 2.26. The van der Waals surface area contributed by atoms with E-state index >= 15 is 0 Å². The number of aliphatic hydroxyl groups is 1. The van der Waals surface area contributed by atoms with Gasteiger partial charge in [0.25, 0.3) is 5.91 Å². The molecule has 2 aromatic rings. The van der Waals surface area contributed by atoms with Crippen molar-refractivity contribution < 1.29 is 14.6 Å². The number of hydrogen-bond donors (Lipinski definition) is 1. The van der Waals surface area contributed by atoms with Crippen LogP contribution in [0.15, 0.2) is 30.3 Å². The van der Waals surface area contributed by atoms with Gasteiger partial charge in [-0.05, 0) is 38.8 Å². The number of rotatable bonds is 4. The molecule has 1 N–H and O–H groups in total. The quantitative estimate of drug-likeness (QED) is 0.925. The first kappa shape index (κ1) is 16.9. The maximum atomic E-state index is 12.6. The summed E-state index contributed by atoms with van der Waals surface area (Å²) >= 11 is 1.43. The van der Waals surface area contributed by atoms with Gasteiger partial charge in [0.15, 0.2) is 0 Å². The number of piperidine rings is 1. The van der Waals surface area contributed by atoms with Crippen LogP contribution in [0.2, 0.25) is 0 Å². The standard InChI is InChI=1S/C18H22N2O3S/c1-13-16(24-14(2)19-13)17(21)20-10-8-18(22,9-11-20)12-23-15-6-4-3-5-7-15/h3-7,22H,8-12H2,1-2H3. The van der Waals surface area contributed by atoms with Crippen molar-refractivity contribution >= 4 is 17.2 Å². The molecule has 0 atom stereocenters. The average Bonchev–Trinajstić information content (AvgIpc) is 2.93. The topological polar surface area (TPSA) is 62.7 Å². The zero-order valence-corrected chi connectivity index (χ0v) is 14.8. The molecule has 0 unspecified atom stereocenters. The predicted octanol–water partition coefficient (Wildman–Crippen LogP) is 2.81. The molecule has 1 aliphatic heterocycles. The summed E-state index contributed by atoms with van der Waals surface area (Å²) in [5.41, 5.74) is -0.0959. The fourth-order valence-electron chi connectivity index (χ4n) is 2.88. The van der Waals surface area contributed by atoms with E-state index in [-0.39, 0.29) is 12.5 Å². The molecule has 5 nitrogen and oxygen atoms in total. The van der Waals surface area contributed by atoms with Crippen molar-refractivity contribution in [2.75, 3.05) is 19.7 Å². The lowest BCUT2D eigenvalue weighted by Crippen LogP contribution is -2.49. The Labute approximate surface area is 145 Å². The fourth-order valence-corrected chi connectivity index (χ4v) is 3.77. The van der Waals surface area contributed by atoms with Crippen LogP contribution >= 0.6 is 11.3 Å². The SMILES string of the molecule is Cc1nc(C)c(C(=O)N2CCC(O)(COc3ccccc3)CC2)s1. The van der Waals surface area contributed by atoms with Crippen molar-refractivity contribution in [3.05, 3.63) is 45.9 Å². The number of benzene rings is 1. The van der Waals surface area contributed by atoms with Gasteiger partial charge in [0, 0.05) is 13.1 Å². The lowest BCUT2D eigenvalue weighted by Gasteiger charge is -2.37. The monoisotopic (exact) mass is 346 g/mol. The largest absolute Gasteiger partial charge is 0.491 e. The van der Waals surface area contributed by atoms with Gasteiger partial charge in [-0.1, -0.05) is 18.2 Å². The van der Waals surface area contributed by atoms with Gasteiger partial charge >= 0.3 is 0 Å². The van der Waals surface area contributed by atoms with E-state index < -0.39 is 5.60 Å². The van der Waals surface area contributed by atoms with Crippen molar-refractivity contribution in [1.82, 2.24) is 9.88 Å². The van der Waals surface area contributed by atoms with Crippen molar-refractivity contribution in [1.29, 1.82) is 0 Å². The second kappa shape index (κ2) is 6.91. The molecule has 3 rings (SSSR count). The number of ether oxygens (including phenoxy) is 1. The molecule has 0 saturated carbocycles. The molecule has 1 aromatic heterocycles. The van der Waals surface area contributed by atoms with Crippen molar-refractivity contribution in [3.63, 3.8) is 0 Å². The lowest BCUT2D eigenvalue weighted by molar-refractivity contribution is -0.0474. The molecule has 24 heavy (non-hydrogen) atoms. The Morgan fingerprint density at radius 1 is 1.29 bits per heavy atom. The van der Waals surface area contributed by atoms with Crippen LogP contribution in [-0.4, -0.2) is 46.2 Å². The van der Waals surface area contributed by atoms with E-state index in [4.69, 9.17) is 4.74 Å². The number of likely N-dealkylation sites (tertiary alicyclic amines) is 1. The summed E-state index contributed by atoms with van der Waals surface area (Å²) in [6.07, 6.45) is 1.03. The van der Waals surface area contributed by atoms with Crippen LogP contribution in [0.25, 0.3) is 0 Å². The van der Waals surface area contributed by atoms with E-state index in [0.717, 1.165) is 16.5 Å². The van der Waals surface area contributed by atoms with Gasteiger partial charge in [0.2, 0.25) is 0 Å². The summed E-state index contributed by atoms with van der Waals surface area (Å²) in [4.78, 5) is 19.4. The van der Waals surface area contributed by atoms with Gasteiger partial charge in [-0.2, -0.15) is 0 Å². The first-order valence-corrected chi connectivity index (χ1v) is 8.92. The number of nitrogens with zero attached hydrogens (tertiary/aromatic N) is 2. The zero-order valence-electron chi connectivity index (χ0n) is 14.0. The Balaban J connectivity index is 1.56. The molecule has 0 aliphatic carbocycles. The summed E-state index contributed by atoms with van der Waals surface area (Å²) in [6, 6.07) is 9.47. The molecular formula is C18H22N2O3S. The molecule has 1 saturated heterocycles. The third-order valence-electron chi connectivity index (χ3n) is 4.33. The normalized spacial score (nSPS) is 16.9. The number of carbonyl (C=O) groups is 1. The summed E-state index contributed by atoms with van der Waals surface area (Å²) in [5.74, 6) is 0.768. The molecule has 1 aromatic carbocycles. The Hall–Kier alpha value is -1.92. The number of para-hydroxylation sites is 1. The Kier molecular flexibility index (Phi) is 4.87. The van der Waals surface area contributed by atoms with E-state index in [1.165, 1.54) is 11.3 Å². The van der Waals surface area contributed by atoms with E-state index in [9.17, 15) is 9.90 Å². The number of thiazole rings is 1. The summed E-state index contributed by atoms with van der Waals surface area (Å²) < 4.78 is 5.69. The average molecular weight is 346 g/mol. The van der Waals surface area contributed by atoms with E-state index in [0.29, 0.717) is 30.8 Å². The van der Waals surface area contributed by atoms with Gasteiger partial charge in [-0.25, -0.2) is 4.98 Å². The van der Waals surface area contributed by atoms with Gasteiger partial charge in [0.05, 0.1) is 10.7 Å². The molecule has 0 spiro atoms. The van der Waals surface area contributed by atoms with Crippen LogP contribution in [0.4, 0.5) is 0 Å². The van der Waals surface area contributed by atoms with Crippen LogP contribution < -0.4 is 4.74 Å². The number of aryl methyl sites for hydroxylation is 2. The predicted molar refractivity (Wildman–Crippen MR) is 93.6 cm³/mol. The molecule has 1 fully saturated rings. The number of carbonyl (C=O) groups excluding carboxylic acids is 1. The first-order chi connectivity index (χ1) is 11.5. The highest BCUT2D eigenvalue weighted by Gasteiger charge is 2.35. The molecule has 6 heteroatoms. The van der Waals surface area contributed by atoms with E-state index in [1.807, 2.05) is 44.2 Å². The molecule has 1 aliphatic rings. The molecule has 0 bridgehead atoms. The fraction of sp³-hybridized carbons (Fsp3) is 0.444. The second-order valence-corrected chi connectivity index (χ2v) is 7.47. The maximum absolute atomic E-state index is 12.6. The minimum Gasteiger partial charge on any atom is -0.491 e. The molecular weight excluding hydrogens is 324 g/mol. The Morgan fingerprint density at radius 3 is 2.54 bits per heavy atom. The maximum Gasteiger partial charge on any atom is 0.265 e. The van der Waals surface area contributed by atoms with Crippen LogP contribution in [0.5, 0.6) is 5.75 Å². The smallest absolute Gasteiger partial charge is 0.265 e. The summed E-state index contributed by atoms with van der Waals surface area (Å²) in [7, 11) is 0. The van der Waals surface area contributed by atoms with Gasteiger partial charge in [0.1, 0.15) is 22.8 Å².